The summed E-state index contributed by atoms with van der Waals surface area (Å²) in [5.74, 6) is 0. The molecule has 0 amide bonds. The Morgan fingerprint density at radius 1 is 1.33 bits per heavy atom. The number of aromatic amines is 1. The maximum Gasteiger partial charge on any atom is 0.279 e. The summed E-state index contributed by atoms with van der Waals surface area (Å²) in [4.78, 5) is 15.8. The Bertz CT molecular complexity index is 932. The number of benzene rings is 1. The molecule has 2 aromatic heterocycles. The van der Waals surface area contributed by atoms with Gasteiger partial charge in [0, 0.05) is 25.4 Å². The van der Waals surface area contributed by atoms with Gasteiger partial charge in [0.1, 0.15) is 5.52 Å². The Kier molecular flexibility index (Phi) is 3.35. The fraction of sp³-hybridized carbons (Fsp3) is 0.125. The molecule has 5 heteroatoms. The van der Waals surface area contributed by atoms with Gasteiger partial charge in [-0.25, -0.2) is 0 Å². The van der Waals surface area contributed by atoms with E-state index in [9.17, 15) is 4.79 Å². The molecule has 1 N–H and O–H groups in total. The Labute approximate surface area is 127 Å². The van der Waals surface area contributed by atoms with Gasteiger partial charge in [-0.1, -0.05) is 36.4 Å². The molecule has 2 heterocycles. The topological polar surface area (TPSA) is 42.7 Å². The fourth-order valence-corrected chi connectivity index (χ4v) is 2.80. The van der Waals surface area contributed by atoms with Gasteiger partial charge in [0.2, 0.25) is 0 Å². The van der Waals surface area contributed by atoms with Crippen LogP contribution in [-0.2, 0) is 13.6 Å². The Morgan fingerprint density at radius 3 is 2.71 bits per heavy atom. The van der Waals surface area contributed by atoms with E-state index in [1.54, 1.807) is 6.08 Å². The highest BCUT2D eigenvalue weighted by molar-refractivity contribution is 7.71. The molecule has 0 radical (unpaired) electrons. The monoisotopic (exact) mass is 297 g/mol. The van der Waals surface area contributed by atoms with Gasteiger partial charge in [-0.05, 0) is 17.8 Å². The van der Waals surface area contributed by atoms with Gasteiger partial charge in [-0.2, -0.15) is 0 Å². The third-order valence-corrected chi connectivity index (χ3v) is 3.83. The van der Waals surface area contributed by atoms with Crippen molar-refractivity contribution in [3.63, 3.8) is 0 Å². The first-order valence-corrected chi connectivity index (χ1v) is 7.02. The van der Waals surface area contributed by atoms with Crippen LogP contribution in [-0.4, -0.2) is 14.1 Å². The predicted molar refractivity (Wildman–Crippen MR) is 88.0 cm³/mol. The van der Waals surface area contributed by atoms with E-state index in [1.807, 2.05) is 48.1 Å². The highest BCUT2D eigenvalue weighted by atomic mass is 32.1. The van der Waals surface area contributed by atoms with Gasteiger partial charge < -0.3 is 9.55 Å². The lowest BCUT2D eigenvalue weighted by atomic mass is 10.1. The van der Waals surface area contributed by atoms with Crippen LogP contribution in [0.4, 0.5) is 0 Å². The van der Waals surface area contributed by atoms with E-state index in [0.717, 1.165) is 16.6 Å². The maximum atomic E-state index is 12.6. The van der Waals surface area contributed by atoms with Crippen LogP contribution in [0, 0.1) is 4.77 Å². The van der Waals surface area contributed by atoms with Crippen molar-refractivity contribution in [3.05, 3.63) is 64.3 Å². The number of nitrogens with zero attached hydrogens (tertiary/aromatic N) is 2. The summed E-state index contributed by atoms with van der Waals surface area (Å²) in [7, 11) is 1.87. The van der Waals surface area contributed by atoms with E-state index in [1.165, 1.54) is 4.57 Å². The molecule has 0 spiro atoms. The van der Waals surface area contributed by atoms with Crippen molar-refractivity contribution in [2.45, 2.75) is 6.54 Å². The number of allylic oxidation sites excluding steroid dienone is 1. The second-order valence-electron chi connectivity index (χ2n) is 4.88. The summed E-state index contributed by atoms with van der Waals surface area (Å²) in [5.41, 5.74) is 3.32. The summed E-state index contributed by atoms with van der Waals surface area (Å²) in [6.45, 7) is 4.07. The van der Waals surface area contributed by atoms with Crippen LogP contribution in [0.2, 0.25) is 0 Å². The zero-order chi connectivity index (χ0) is 15.0. The lowest BCUT2D eigenvalue weighted by molar-refractivity contribution is 0.745. The summed E-state index contributed by atoms with van der Waals surface area (Å²) in [6, 6.07) is 9.94. The summed E-state index contributed by atoms with van der Waals surface area (Å²) < 4.78 is 3.76. The zero-order valence-electron chi connectivity index (χ0n) is 11.7. The van der Waals surface area contributed by atoms with Crippen molar-refractivity contribution >= 4 is 23.3 Å². The standard InChI is InChI=1S/C16H15N3OS/c1-3-9-19-15(20)14-13(17-16(19)21)12(10-18(14)2)11-7-5-4-6-8-11/h3-8,10H,1,9H2,2H3,(H,17,21). The van der Waals surface area contributed by atoms with E-state index in [-0.39, 0.29) is 5.56 Å². The number of hydrogen-bond donors (Lipinski definition) is 1. The van der Waals surface area contributed by atoms with Crippen molar-refractivity contribution in [2.75, 3.05) is 0 Å². The number of rotatable bonds is 3. The van der Waals surface area contributed by atoms with Crippen LogP contribution in [0.25, 0.3) is 22.2 Å². The maximum absolute atomic E-state index is 12.6. The van der Waals surface area contributed by atoms with Gasteiger partial charge in [0.15, 0.2) is 4.77 Å². The van der Waals surface area contributed by atoms with Gasteiger partial charge in [0.05, 0.1) is 5.52 Å². The number of nitrogens with one attached hydrogen (secondary N) is 1. The lowest BCUT2D eigenvalue weighted by Crippen LogP contribution is -2.22. The molecule has 0 aliphatic carbocycles. The predicted octanol–water partition coefficient (Wildman–Crippen LogP) is 3.25. The second-order valence-corrected chi connectivity index (χ2v) is 5.26. The number of fused-ring (bicyclic) bond motifs is 1. The van der Waals surface area contributed by atoms with E-state index in [2.05, 4.69) is 11.6 Å². The molecular formula is C16H15N3OS. The first-order valence-electron chi connectivity index (χ1n) is 6.62. The van der Waals surface area contributed by atoms with Gasteiger partial charge in [0.25, 0.3) is 5.56 Å². The van der Waals surface area contributed by atoms with Gasteiger partial charge in [-0.15, -0.1) is 6.58 Å². The summed E-state index contributed by atoms with van der Waals surface area (Å²) >= 11 is 5.30. The molecule has 0 bridgehead atoms. The molecule has 106 valence electrons. The summed E-state index contributed by atoms with van der Waals surface area (Å²) in [6.07, 6.45) is 3.61. The molecular weight excluding hydrogens is 282 g/mol. The number of aryl methyl sites for hydroxylation is 1. The molecule has 3 aromatic rings. The van der Waals surface area contributed by atoms with E-state index < -0.39 is 0 Å². The van der Waals surface area contributed by atoms with Crippen LogP contribution in [0.5, 0.6) is 0 Å². The first-order chi connectivity index (χ1) is 10.1. The van der Waals surface area contributed by atoms with Gasteiger partial charge >= 0.3 is 0 Å². The van der Waals surface area contributed by atoms with E-state index in [4.69, 9.17) is 12.2 Å². The Morgan fingerprint density at radius 2 is 2.05 bits per heavy atom. The van der Waals surface area contributed by atoms with Crippen LogP contribution < -0.4 is 5.56 Å². The van der Waals surface area contributed by atoms with Crippen molar-refractivity contribution in [1.29, 1.82) is 0 Å². The number of hydrogen-bond acceptors (Lipinski definition) is 2. The average molecular weight is 297 g/mol. The SMILES string of the molecule is C=CCn1c(=S)[nH]c2c(-c3ccccc3)cn(C)c2c1=O. The average Bonchev–Trinajstić information content (AvgIpc) is 2.81. The van der Waals surface area contributed by atoms with E-state index in [0.29, 0.717) is 16.8 Å². The van der Waals surface area contributed by atoms with Crippen LogP contribution in [0.3, 0.4) is 0 Å². The Hall–Kier alpha value is -2.40. The number of aromatic nitrogens is 3. The van der Waals surface area contributed by atoms with Crippen molar-refractivity contribution in [1.82, 2.24) is 14.1 Å². The van der Waals surface area contributed by atoms with Crippen LogP contribution in [0.15, 0.2) is 54.0 Å². The fourth-order valence-electron chi connectivity index (χ4n) is 2.54. The molecule has 0 aliphatic rings. The Balaban J connectivity index is 2.40. The van der Waals surface area contributed by atoms with Crippen molar-refractivity contribution < 1.29 is 0 Å². The van der Waals surface area contributed by atoms with Gasteiger partial charge in [-0.3, -0.25) is 9.36 Å². The molecule has 3 rings (SSSR count). The molecule has 0 fully saturated rings. The first kappa shape index (κ1) is 13.6. The molecule has 0 aliphatic heterocycles. The molecule has 0 saturated heterocycles. The van der Waals surface area contributed by atoms with Crippen molar-refractivity contribution in [2.24, 2.45) is 7.05 Å². The van der Waals surface area contributed by atoms with E-state index >= 15 is 0 Å². The molecule has 21 heavy (non-hydrogen) atoms. The minimum absolute atomic E-state index is 0.0988. The highest BCUT2D eigenvalue weighted by Gasteiger charge is 2.14. The minimum atomic E-state index is -0.0988. The molecule has 0 atom stereocenters. The summed E-state index contributed by atoms with van der Waals surface area (Å²) in [5, 5.41) is 0. The molecule has 0 unspecified atom stereocenters. The van der Waals surface area contributed by atoms with Crippen LogP contribution >= 0.6 is 12.2 Å². The molecule has 4 nitrogen and oxygen atoms in total. The largest absolute Gasteiger partial charge is 0.344 e. The zero-order valence-corrected chi connectivity index (χ0v) is 12.5. The smallest absolute Gasteiger partial charge is 0.279 e. The third kappa shape index (κ3) is 2.15. The van der Waals surface area contributed by atoms with Crippen LogP contribution in [0.1, 0.15) is 0 Å². The number of H-pyrrole nitrogens is 1. The quantitative estimate of drug-likeness (QED) is 0.595. The molecule has 1 aromatic carbocycles. The third-order valence-electron chi connectivity index (χ3n) is 3.50. The normalized spacial score (nSPS) is 10.9. The molecule has 0 saturated carbocycles. The minimum Gasteiger partial charge on any atom is -0.344 e. The lowest BCUT2D eigenvalue weighted by Gasteiger charge is -2.05. The second kappa shape index (κ2) is 5.18. The van der Waals surface area contributed by atoms with Crippen molar-refractivity contribution in [3.8, 4) is 11.1 Å². The highest BCUT2D eigenvalue weighted by Crippen LogP contribution is 2.26.